The molecule has 3 amide bonds. The number of amides is 3. The molecule has 3 aliphatic rings. The number of aliphatic hydroxyl groups is 1. The zero-order valence-corrected chi connectivity index (χ0v) is 29.7. The normalized spacial score (nSPS) is 27.1. The van der Waals surface area contributed by atoms with Gasteiger partial charge in [-0.2, -0.15) is 0 Å². The number of carbonyl (C=O) groups is 4. The number of hydrogen-bond donors (Lipinski definition) is 2. The maximum absolute atomic E-state index is 14.7. The zero-order chi connectivity index (χ0) is 35.3. The van der Waals surface area contributed by atoms with Gasteiger partial charge in [-0.15, -0.1) is 13.2 Å². The molecule has 3 heterocycles. The Kier molecular flexibility index (Phi) is 11.8. The lowest BCUT2D eigenvalue weighted by molar-refractivity contribution is -0.162. The lowest BCUT2D eigenvalue weighted by Gasteiger charge is -2.39. The highest BCUT2D eigenvalue weighted by atomic mass is 79.9. The second-order valence-electron chi connectivity index (χ2n) is 13.1. The predicted octanol–water partition coefficient (Wildman–Crippen LogP) is 4.48. The van der Waals surface area contributed by atoms with Crippen molar-refractivity contribution in [2.75, 3.05) is 13.2 Å². The minimum Gasteiger partial charge on any atom is -0.455 e. The molecule has 11 heteroatoms. The van der Waals surface area contributed by atoms with Crippen LogP contribution >= 0.6 is 15.9 Å². The number of alkyl halides is 1. The van der Waals surface area contributed by atoms with Crippen molar-refractivity contribution in [1.29, 1.82) is 0 Å². The van der Waals surface area contributed by atoms with E-state index in [2.05, 4.69) is 34.4 Å². The molecule has 2 aromatic rings. The molecule has 10 nitrogen and oxygen atoms in total. The molecule has 2 bridgehead atoms. The quantitative estimate of drug-likeness (QED) is 0.148. The van der Waals surface area contributed by atoms with Gasteiger partial charge in [0.15, 0.2) is 0 Å². The molecular formula is C38H46BrN3O7. The highest BCUT2D eigenvalue weighted by Crippen LogP contribution is 2.61. The van der Waals surface area contributed by atoms with Crippen molar-refractivity contribution in [2.24, 2.45) is 11.8 Å². The van der Waals surface area contributed by atoms with Crippen LogP contribution in [0.25, 0.3) is 0 Å². The average molecular weight is 737 g/mol. The first-order valence-electron chi connectivity index (χ1n) is 17.0. The van der Waals surface area contributed by atoms with Crippen LogP contribution in [0.5, 0.6) is 0 Å². The Labute approximate surface area is 296 Å². The summed E-state index contributed by atoms with van der Waals surface area (Å²) in [5, 5.41) is 13.4. The van der Waals surface area contributed by atoms with Gasteiger partial charge in [0, 0.05) is 24.3 Å². The van der Waals surface area contributed by atoms with Crippen molar-refractivity contribution >= 4 is 39.6 Å². The van der Waals surface area contributed by atoms with Crippen LogP contribution in [0.1, 0.15) is 56.8 Å². The molecule has 0 saturated carbocycles. The highest BCUT2D eigenvalue weighted by molar-refractivity contribution is 9.09. The maximum atomic E-state index is 14.7. The average Bonchev–Trinajstić information content (AvgIpc) is 3.70. The molecule has 0 aliphatic carbocycles. The second-order valence-corrected chi connectivity index (χ2v) is 14.3. The van der Waals surface area contributed by atoms with E-state index in [1.807, 2.05) is 67.6 Å². The van der Waals surface area contributed by atoms with Crippen molar-refractivity contribution in [1.82, 2.24) is 15.1 Å². The SMILES string of the molecule is C=CCCC(=O)N[C@@H](C)[C@H](OC(=O)[C@@H]1[C@H]2O[C@@]3(CC2Br)[C@H](C(=O)N(CC=C)Cc2ccccc2)N([C@@H](CC)CO)C(=O)[C@@H]13)c1ccccc1. The topological polar surface area (TPSA) is 125 Å². The van der Waals surface area contributed by atoms with Crippen LogP contribution in [0.2, 0.25) is 0 Å². The lowest BCUT2D eigenvalue weighted by Crippen LogP contribution is -2.58. The smallest absolute Gasteiger partial charge is 0.313 e. The summed E-state index contributed by atoms with van der Waals surface area (Å²) in [6, 6.07) is 16.3. The Bertz CT molecular complexity index is 1520. The van der Waals surface area contributed by atoms with E-state index in [0.717, 1.165) is 5.56 Å². The maximum Gasteiger partial charge on any atom is 0.313 e. The molecule has 3 fully saturated rings. The lowest BCUT2D eigenvalue weighted by atomic mass is 9.70. The van der Waals surface area contributed by atoms with E-state index in [1.54, 1.807) is 24.0 Å². The fraction of sp³-hybridized carbons (Fsp3) is 0.474. The first-order chi connectivity index (χ1) is 23.6. The number of rotatable bonds is 16. The van der Waals surface area contributed by atoms with E-state index in [4.69, 9.17) is 9.47 Å². The third-order valence-corrected chi connectivity index (χ3v) is 10.8. The largest absolute Gasteiger partial charge is 0.455 e. The molecule has 9 atom stereocenters. The summed E-state index contributed by atoms with van der Waals surface area (Å²) < 4.78 is 12.9. The molecule has 0 radical (unpaired) electrons. The van der Waals surface area contributed by atoms with Gasteiger partial charge in [-0.1, -0.05) is 95.7 Å². The Morgan fingerprint density at radius 3 is 2.43 bits per heavy atom. The first kappa shape index (κ1) is 36.5. The van der Waals surface area contributed by atoms with E-state index in [0.29, 0.717) is 24.8 Å². The van der Waals surface area contributed by atoms with Crippen LogP contribution in [-0.4, -0.2) is 86.4 Å². The van der Waals surface area contributed by atoms with Crippen molar-refractivity contribution in [2.45, 2.75) is 86.8 Å². The van der Waals surface area contributed by atoms with E-state index in [-0.39, 0.29) is 42.8 Å². The highest BCUT2D eigenvalue weighted by Gasteiger charge is 2.77. The third kappa shape index (κ3) is 7.11. The number of allylic oxidation sites excluding steroid dienone is 1. The predicted molar refractivity (Wildman–Crippen MR) is 188 cm³/mol. The van der Waals surface area contributed by atoms with Gasteiger partial charge in [-0.05, 0) is 37.3 Å². The number of fused-ring (bicyclic) bond motifs is 1. The van der Waals surface area contributed by atoms with Gasteiger partial charge < -0.3 is 29.7 Å². The molecule has 3 aliphatic heterocycles. The minimum absolute atomic E-state index is 0.204. The number of aliphatic hydroxyl groups excluding tert-OH is 1. The van der Waals surface area contributed by atoms with Gasteiger partial charge in [-0.25, -0.2) is 0 Å². The molecule has 262 valence electrons. The summed E-state index contributed by atoms with van der Waals surface area (Å²) in [7, 11) is 0. The van der Waals surface area contributed by atoms with Gasteiger partial charge in [0.1, 0.15) is 17.7 Å². The van der Waals surface area contributed by atoms with E-state index in [1.165, 1.54) is 4.90 Å². The number of ether oxygens (including phenoxy) is 2. The number of nitrogens with one attached hydrogen (secondary N) is 1. The van der Waals surface area contributed by atoms with E-state index >= 15 is 0 Å². The number of halogens is 1. The Balaban J connectivity index is 1.50. The summed E-state index contributed by atoms with van der Waals surface area (Å²) in [6.45, 7) is 11.3. The molecule has 5 rings (SSSR count). The van der Waals surface area contributed by atoms with E-state index < -0.39 is 59.6 Å². The van der Waals surface area contributed by atoms with Crippen molar-refractivity contribution < 1.29 is 33.8 Å². The van der Waals surface area contributed by atoms with Gasteiger partial charge in [0.05, 0.1) is 36.6 Å². The summed E-state index contributed by atoms with van der Waals surface area (Å²) in [6.07, 6.45) is 3.18. The van der Waals surface area contributed by atoms with Gasteiger partial charge >= 0.3 is 5.97 Å². The first-order valence-corrected chi connectivity index (χ1v) is 17.9. The summed E-state index contributed by atoms with van der Waals surface area (Å²) in [5.74, 6) is -3.64. The van der Waals surface area contributed by atoms with Gasteiger partial charge in [-0.3, -0.25) is 19.2 Å². The molecular weight excluding hydrogens is 690 g/mol. The molecule has 49 heavy (non-hydrogen) atoms. The molecule has 0 aromatic heterocycles. The second kappa shape index (κ2) is 15.8. The number of carbonyl (C=O) groups excluding carboxylic acids is 4. The fourth-order valence-electron chi connectivity index (χ4n) is 7.73. The van der Waals surface area contributed by atoms with Crippen molar-refractivity contribution in [3.63, 3.8) is 0 Å². The van der Waals surface area contributed by atoms with Crippen LogP contribution in [0, 0.1) is 11.8 Å². The standard InChI is InChI=1S/C38H46BrN3O7/c1-5-8-19-29(44)40-24(4)32(26-17-13-10-14-18-26)48-37(47)30-31-35(45)42(27(7-3)23-43)34(38(31)21-28(39)33(30)49-38)36(46)41(20-6-2)22-25-15-11-9-12-16-25/h5-6,9-18,24,27-28,30-34,43H,1-2,7-8,19-23H2,3-4H3,(H,40,44)/t24-,27-,28?,30-,31+,32-,33-,34-,38+/m0/s1. The number of esters is 1. The zero-order valence-electron chi connectivity index (χ0n) is 28.1. The van der Waals surface area contributed by atoms with Crippen LogP contribution < -0.4 is 5.32 Å². The van der Waals surface area contributed by atoms with Gasteiger partial charge in [0.2, 0.25) is 17.7 Å². The Morgan fingerprint density at radius 2 is 1.82 bits per heavy atom. The van der Waals surface area contributed by atoms with E-state index in [9.17, 15) is 24.3 Å². The van der Waals surface area contributed by atoms with Crippen LogP contribution in [0.4, 0.5) is 0 Å². The number of hydrogen-bond acceptors (Lipinski definition) is 7. The monoisotopic (exact) mass is 735 g/mol. The van der Waals surface area contributed by atoms with Crippen LogP contribution in [0.3, 0.4) is 0 Å². The fourth-order valence-corrected chi connectivity index (χ4v) is 8.67. The number of benzene rings is 2. The van der Waals surface area contributed by atoms with Crippen LogP contribution in [-0.2, 0) is 35.2 Å². The molecule has 1 spiro atoms. The summed E-state index contributed by atoms with van der Waals surface area (Å²) in [4.78, 5) is 59.1. The molecule has 3 saturated heterocycles. The van der Waals surface area contributed by atoms with Crippen molar-refractivity contribution in [3.05, 3.63) is 97.1 Å². The van der Waals surface area contributed by atoms with Crippen LogP contribution in [0.15, 0.2) is 86.0 Å². The molecule has 1 unspecified atom stereocenters. The van der Waals surface area contributed by atoms with Gasteiger partial charge in [0.25, 0.3) is 0 Å². The summed E-state index contributed by atoms with van der Waals surface area (Å²) in [5.41, 5.74) is 0.259. The number of nitrogens with zero attached hydrogens (tertiary/aromatic N) is 2. The van der Waals surface area contributed by atoms with Crippen molar-refractivity contribution in [3.8, 4) is 0 Å². The molecule has 2 aromatic carbocycles. The summed E-state index contributed by atoms with van der Waals surface area (Å²) >= 11 is 3.72. The number of likely N-dealkylation sites (tertiary alicyclic amines) is 1. The Morgan fingerprint density at radius 1 is 1.14 bits per heavy atom. The minimum atomic E-state index is -1.33. The third-order valence-electron chi connectivity index (χ3n) is 9.98. The Hall–Kier alpha value is -3.80. The molecule has 2 N–H and O–H groups in total.